The number of carbonyl (C=O) groups is 2. The van der Waals surface area contributed by atoms with E-state index in [2.05, 4.69) is 0 Å². The number of aliphatic carboxylic acids is 1. The summed E-state index contributed by atoms with van der Waals surface area (Å²) in [4.78, 5) is 24.8. The van der Waals surface area contributed by atoms with Crippen molar-refractivity contribution in [3.05, 3.63) is 39.5 Å². The normalized spacial score (nSPS) is 18.1. The summed E-state index contributed by atoms with van der Waals surface area (Å²) >= 11 is 11.9. The van der Waals surface area contributed by atoms with Gasteiger partial charge in [-0.15, -0.1) is 0 Å². The zero-order valence-electron chi connectivity index (χ0n) is 11.4. The number of amides is 1. The van der Waals surface area contributed by atoms with Crippen molar-refractivity contribution in [2.24, 2.45) is 0 Å². The van der Waals surface area contributed by atoms with Gasteiger partial charge >= 0.3 is 5.97 Å². The minimum Gasteiger partial charge on any atom is -0.480 e. The number of hydrogen-bond acceptors (Lipinski definition) is 4. The standard InChI is InChI=1S/C14H11ClFNO3S2/c1-2-10(13(19)20)17-12(18)11(22-14(17)21)6-7-8(15)4-3-5-9(7)16/h3-6,10H,2H2,1H3,(H,19,20)/b11-6-. The fourth-order valence-electron chi connectivity index (χ4n) is 2.00. The second kappa shape index (κ2) is 6.76. The summed E-state index contributed by atoms with van der Waals surface area (Å²) in [7, 11) is 0. The van der Waals surface area contributed by atoms with Crippen molar-refractivity contribution in [1.82, 2.24) is 4.90 Å². The quantitative estimate of drug-likeness (QED) is 0.658. The summed E-state index contributed by atoms with van der Waals surface area (Å²) in [6.07, 6.45) is 1.51. The number of carboxylic acid groups (broad SMARTS) is 1. The Morgan fingerprint density at radius 1 is 1.59 bits per heavy atom. The Bertz CT molecular complexity index is 672. The van der Waals surface area contributed by atoms with Gasteiger partial charge in [-0.2, -0.15) is 0 Å². The minimum atomic E-state index is -1.14. The Morgan fingerprint density at radius 3 is 2.82 bits per heavy atom. The molecule has 1 aromatic rings. The Morgan fingerprint density at radius 2 is 2.27 bits per heavy atom. The molecule has 1 aliphatic rings. The second-order valence-corrected chi connectivity index (χ2v) is 6.53. The number of rotatable bonds is 4. The van der Waals surface area contributed by atoms with E-state index < -0.39 is 23.7 Å². The zero-order chi connectivity index (χ0) is 16.4. The van der Waals surface area contributed by atoms with Crippen molar-refractivity contribution in [3.63, 3.8) is 0 Å². The van der Waals surface area contributed by atoms with Gasteiger partial charge in [0.2, 0.25) is 0 Å². The first kappa shape index (κ1) is 16.9. The van der Waals surface area contributed by atoms with E-state index in [9.17, 15) is 19.1 Å². The summed E-state index contributed by atoms with van der Waals surface area (Å²) in [5.74, 6) is -2.25. The Hall–Kier alpha value is -1.44. The Kier molecular flexibility index (Phi) is 5.20. The molecule has 0 radical (unpaired) electrons. The smallest absolute Gasteiger partial charge is 0.326 e. The molecule has 1 fully saturated rings. The molecule has 1 N–H and O–H groups in total. The minimum absolute atomic E-state index is 0.0769. The van der Waals surface area contributed by atoms with E-state index >= 15 is 0 Å². The molecule has 1 unspecified atom stereocenters. The van der Waals surface area contributed by atoms with E-state index in [0.29, 0.717) is 0 Å². The van der Waals surface area contributed by atoms with Gasteiger partial charge in [0.1, 0.15) is 16.2 Å². The molecule has 1 heterocycles. The maximum Gasteiger partial charge on any atom is 0.326 e. The van der Waals surface area contributed by atoms with Crippen LogP contribution in [0, 0.1) is 5.82 Å². The van der Waals surface area contributed by atoms with Crippen molar-refractivity contribution in [3.8, 4) is 0 Å². The molecule has 22 heavy (non-hydrogen) atoms. The highest BCUT2D eigenvalue weighted by atomic mass is 35.5. The van der Waals surface area contributed by atoms with Crippen LogP contribution in [-0.4, -0.2) is 32.2 Å². The van der Waals surface area contributed by atoms with Crippen molar-refractivity contribution in [2.75, 3.05) is 0 Å². The van der Waals surface area contributed by atoms with E-state index in [0.717, 1.165) is 16.7 Å². The van der Waals surface area contributed by atoms with Gasteiger partial charge < -0.3 is 5.11 Å². The molecular formula is C14H11ClFNO3S2. The first-order valence-corrected chi connectivity index (χ1v) is 7.91. The van der Waals surface area contributed by atoms with Crippen LogP contribution in [0.2, 0.25) is 5.02 Å². The SMILES string of the molecule is CCC(C(=O)O)N1C(=O)/C(=C/c2c(F)cccc2Cl)SC1=S. The number of thioether (sulfide) groups is 1. The number of carbonyl (C=O) groups excluding carboxylic acids is 1. The predicted octanol–water partition coefficient (Wildman–Crippen LogP) is 3.54. The van der Waals surface area contributed by atoms with Crippen molar-refractivity contribution >= 4 is 57.9 Å². The average Bonchev–Trinajstić information content (AvgIpc) is 2.71. The Balaban J connectivity index is 2.40. The number of halogens is 2. The molecule has 0 saturated carbocycles. The molecule has 0 aliphatic carbocycles. The highest BCUT2D eigenvalue weighted by Gasteiger charge is 2.39. The fourth-order valence-corrected chi connectivity index (χ4v) is 3.55. The molecule has 1 aliphatic heterocycles. The lowest BCUT2D eigenvalue weighted by Gasteiger charge is -2.21. The van der Waals surface area contributed by atoms with Crippen molar-refractivity contribution in [1.29, 1.82) is 0 Å². The summed E-state index contributed by atoms with van der Waals surface area (Å²) in [5, 5.41) is 9.33. The molecule has 8 heteroatoms. The highest BCUT2D eigenvalue weighted by molar-refractivity contribution is 8.26. The molecular weight excluding hydrogens is 349 g/mol. The third-order valence-corrected chi connectivity index (χ3v) is 4.74. The molecule has 1 aromatic carbocycles. The summed E-state index contributed by atoms with van der Waals surface area (Å²) in [5.41, 5.74) is 0.0769. The second-order valence-electron chi connectivity index (χ2n) is 4.45. The summed E-state index contributed by atoms with van der Waals surface area (Å²) in [6, 6.07) is 3.15. The van der Waals surface area contributed by atoms with E-state index in [-0.39, 0.29) is 26.2 Å². The largest absolute Gasteiger partial charge is 0.480 e. The predicted molar refractivity (Wildman–Crippen MR) is 88.1 cm³/mol. The summed E-state index contributed by atoms with van der Waals surface area (Å²) in [6.45, 7) is 1.65. The van der Waals surface area contributed by atoms with Crippen LogP contribution in [-0.2, 0) is 9.59 Å². The van der Waals surface area contributed by atoms with Crippen LogP contribution in [0.4, 0.5) is 4.39 Å². The van der Waals surface area contributed by atoms with Crippen molar-refractivity contribution < 1.29 is 19.1 Å². The van der Waals surface area contributed by atoms with Crippen molar-refractivity contribution in [2.45, 2.75) is 19.4 Å². The molecule has 1 saturated heterocycles. The van der Waals surface area contributed by atoms with Gasteiger partial charge in [0.05, 0.1) is 9.93 Å². The molecule has 116 valence electrons. The molecule has 4 nitrogen and oxygen atoms in total. The molecule has 1 atom stereocenters. The van der Waals surface area contributed by atoms with Gasteiger partial charge in [-0.05, 0) is 24.6 Å². The number of thiocarbonyl (C=S) groups is 1. The van der Waals surface area contributed by atoms with E-state index in [1.807, 2.05) is 0 Å². The van der Waals surface area contributed by atoms with Crippen LogP contribution in [0.3, 0.4) is 0 Å². The molecule has 0 aromatic heterocycles. The van der Waals surface area contributed by atoms with Crippen LogP contribution in [0.25, 0.3) is 6.08 Å². The molecule has 1 amide bonds. The van der Waals surface area contributed by atoms with Gasteiger partial charge in [0.15, 0.2) is 0 Å². The first-order chi connectivity index (χ1) is 10.4. The fraction of sp³-hybridized carbons (Fsp3) is 0.214. The average molecular weight is 360 g/mol. The first-order valence-electron chi connectivity index (χ1n) is 6.30. The van der Waals surface area contributed by atoms with Crippen LogP contribution in [0.1, 0.15) is 18.9 Å². The topological polar surface area (TPSA) is 57.6 Å². The number of benzene rings is 1. The van der Waals surface area contributed by atoms with Crippen LogP contribution in [0.15, 0.2) is 23.1 Å². The van der Waals surface area contributed by atoms with Gasteiger partial charge in [0, 0.05) is 5.56 Å². The lowest BCUT2D eigenvalue weighted by Crippen LogP contribution is -2.43. The molecule has 0 bridgehead atoms. The van der Waals surface area contributed by atoms with E-state index in [4.69, 9.17) is 23.8 Å². The number of hydrogen-bond donors (Lipinski definition) is 1. The monoisotopic (exact) mass is 359 g/mol. The van der Waals surface area contributed by atoms with Gasteiger partial charge in [0.25, 0.3) is 5.91 Å². The van der Waals surface area contributed by atoms with Crippen LogP contribution >= 0.6 is 35.6 Å². The van der Waals surface area contributed by atoms with Crippen LogP contribution in [0.5, 0.6) is 0 Å². The van der Waals surface area contributed by atoms with Gasteiger partial charge in [-0.1, -0.05) is 48.6 Å². The van der Waals surface area contributed by atoms with Gasteiger partial charge in [-0.3, -0.25) is 9.69 Å². The van der Waals surface area contributed by atoms with Crippen LogP contribution < -0.4 is 0 Å². The third-order valence-electron chi connectivity index (χ3n) is 3.08. The summed E-state index contributed by atoms with van der Waals surface area (Å²) < 4.78 is 13.9. The lowest BCUT2D eigenvalue weighted by atomic mass is 10.1. The van der Waals surface area contributed by atoms with E-state index in [1.54, 1.807) is 6.92 Å². The number of nitrogens with zero attached hydrogens (tertiary/aromatic N) is 1. The zero-order valence-corrected chi connectivity index (χ0v) is 13.8. The molecule has 0 spiro atoms. The Labute approximate surface area is 140 Å². The highest BCUT2D eigenvalue weighted by Crippen LogP contribution is 2.36. The van der Waals surface area contributed by atoms with E-state index in [1.165, 1.54) is 24.3 Å². The molecule has 2 rings (SSSR count). The number of carboxylic acids is 1. The third kappa shape index (κ3) is 3.16. The maximum atomic E-state index is 13.8. The lowest BCUT2D eigenvalue weighted by molar-refractivity contribution is -0.145. The maximum absolute atomic E-state index is 13.8. The van der Waals surface area contributed by atoms with Gasteiger partial charge in [-0.25, -0.2) is 9.18 Å².